The molecule has 0 aromatic heterocycles. The van der Waals surface area contributed by atoms with E-state index in [9.17, 15) is 9.59 Å². The van der Waals surface area contributed by atoms with E-state index in [0.717, 1.165) is 15.8 Å². The summed E-state index contributed by atoms with van der Waals surface area (Å²) in [6.07, 6.45) is 3.79. The fourth-order valence-electron chi connectivity index (χ4n) is 1.90. The molecule has 2 heterocycles. The van der Waals surface area contributed by atoms with Crippen molar-refractivity contribution in [3.05, 3.63) is 22.2 Å². The van der Waals surface area contributed by atoms with Gasteiger partial charge in [-0.3, -0.25) is 4.79 Å². The zero-order valence-corrected chi connectivity index (χ0v) is 10.9. The molecule has 0 saturated carbocycles. The molecule has 1 saturated heterocycles. The summed E-state index contributed by atoms with van der Waals surface area (Å²) in [5.74, 6) is -0.215. The maximum absolute atomic E-state index is 11.3. The largest absolute Gasteiger partial charge is 0.480 e. The Bertz CT molecular complexity index is 524. The van der Waals surface area contributed by atoms with Crippen LogP contribution in [0.15, 0.2) is 27.2 Å². The lowest BCUT2D eigenvalue weighted by atomic mass is 10.0. The van der Waals surface area contributed by atoms with Gasteiger partial charge in [0.1, 0.15) is 16.1 Å². The standard InChI is InChI=1S/C11H10N2O3S2/c14-5-1-2-6-8(3-5)18-10(12-6)9-13-7(4-17-9)11(15)16/h1-2,7-8,13H,3-4H2,(H,15,16). The van der Waals surface area contributed by atoms with Crippen molar-refractivity contribution in [1.82, 2.24) is 5.32 Å². The number of carboxylic acid groups (broad SMARTS) is 1. The Morgan fingerprint density at radius 1 is 1.50 bits per heavy atom. The molecule has 0 amide bonds. The zero-order valence-electron chi connectivity index (χ0n) is 9.25. The molecular weight excluding hydrogens is 272 g/mol. The van der Waals surface area contributed by atoms with E-state index in [0.29, 0.717) is 12.2 Å². The smallest absolute Gasteiger partial charge is 0.327 e. The lowest BCUT2D eigenvalue weighted by Gasteiger charge is -2.10. The van der Waals surface area contributed by atoms with Crippen molar-refractivity contribution in [1.29, 1.82) is 0 Å². The second-order valence-electron chi connectivity index (χ2n) is 4.13. The Morgan fingerprint density at radius 2 is 2.33 bits per heavy atom. The molecule has 2 atom stereocenters. The molecule has 2 aliphatic heterocycles. The lowest BCUT2D eigenvalue weighted by Crippen LogP contribution is -2.32. The molecule has 1 fully saturated rings. The summed E-state index contributed by atoms with van der Waals surface area (Å²) in [6, 6.07) is -0.543. The molecule has 0 aromatic carbocycles. The fraction of sp³-hybridized carbons (Fsp3) is 0.364. The van der Waals surface area contributed by atoms with Crippen molar-refractivity contribution in [2.45, 2.75) is 17.7 Å². The number of allylic oxidation sites excluding steroid dienone is 2. The molecule has 0 radical (unpaired) electrons. The number of carboxylic acids is 1. The van der Waals surface area contributed by atoms with Crippen LogP contribution in [0.4, 0.5) is 0 Å². The van der Waals surface area contributed by atoms with E-state index in [1.807, 2.05) is 0 Å². The lowest BCUT2D eigenvalue weighted by molar-refractivity contribution is -0.138. The molecule has 18 heavy (non-hydrogen) atoms. The minimum absolute atomic E-state index is 0.0938. The van der Waals surface area contributed by atoms with E-state index >= 15 is 0 Å². The van der Waals surface area contributed by atoms with Crippen LogP contribution in [0.1, 0.15) is 6.42 Å². The van der Waals surface area contributed by atoms with Crippen molar-refractivity contribution < 1.29 is 14.7 Å². The highest BCUT2D eigenvalue weighted by molar-refractivity contribution is 8.07. The topological polar surface area (TPSA) is 78.8 Å². The molecule has 2 unspecified atom stereocenters. The number of carbonyl (C=O) groups excluding carboxylic acids is 1. The van der Waals surface area contributed by atoms with Gasteiger partial charge in [-0.15, -0.1) is 11.8 Å². The minimum Gasteiger partial charge on any atom is -0.480 e. The van der Waals surface area contributed by atoms with Crippen LogP contribution in [-0.4, -0.2) is 39.6 Å². The normalized spacial score (nSPS) is 34.2. The number of ketones is 1. The number of fused-ring (bicyclic) bond motifs is 1. The number of aliphatic carboxylic acids is 1. The molecular formula is C11H10N2O3S2. The SMILES string of the molecule is O=C1C=CC2=NC(=C3NC(C(=O)O)CS3)SC2C1. The van der Waals surface area contributed by atoms with Gasteiger partial charge in [-0.05, 0) is 12.2 Å². The molecule has 5 nitrogen and oxygen atoms in total. The third-order valence-electron chi connectivity index (χ3n) is 2.83. The summed E-state index contributed by atoms with van der Waals surface area (Å²) in [6.45, 7) is 0. The van der Waals surface area contributed by atoms with Crippen molar-refractivity contribution in [3.8, 4) is 0 Å². The number of thioether (sulfide) groups is 2. The predicted octanol–water partition coefficient (Wildman–Crippen LogP) is 0.988. The second-order valence-corrected chi connectivity index (χ2v) is 6.35. The Balaban J connectivity index is 1.81. The monoisotopic (exact) mass is 282 g/mol. The Kier molecular flexibility index (Phi) is 2.95. The second kappa shape index (κ2) is 4.47. The Labute approximate surface area is 112 Å². The first-order chi connectivity index (χ1) is 8.63. The highest BCUT2D eigenvalue weighted by Gasteiger charge is 2.33. The molecule has 0 bridgehead atoms. The van der Waals surface area contributed by atoms with Crippen molar-refractivity contribution in [3.63, 3.8) is 0 Å². The van der Waals surface area contributed by atoms with E-state index in [2.05, 4.69) is 10.3 Å². The molecule has 7 heteroatoms. The third kappa shape index (κ3) is 2.08. The Hall–Kier alpha value is -1.21. The summed E-state index contributed by atoms with van der Waals surface area (Å²) in [5, 5.41) is 13.6. The van der Waals surface area contributed by atoms with Crippen LogP contribution >= 0.6 is 23.5 Å². The number of rotatable bonds is 1. The van der Waals surface area contributed by atoms with Gasteiger partial charge in [-0.1, -0.05) is 11.8 Å². The maximum atomic E-state index is 11.3. The van der Waals surface area contributed by atoms with Gasteiger partial charge in [-0.25, -0.2) is 9.79 Å². The number of nitrogens with one attached hydrogen (secondary N) is 1. The van der Waals surface area contributed by atoms with Crippen LogP contribution in [0.3, 0.4) is 0 Å². The molecule has 3 aliphatic rings. The van der Waals surface area contributed by atoms with Crippen LogP contribution in [0, 0.1) is 0 Å². The van der Waals surface area contributed by atoms with Crippen molar-refractivity contribution in [2.75, 3.05) is 5.75 Å². The number of nitrogens with zero attached hydrogens (tertiary/aromatic N) is 1. The van der Waals surface area contributed by atoms with Gasteiger partial charge < -0.3 is 10.4 Å². The number of aliphatic imine (C=N–C) groups is 1. The maximum Gasteiger partial charge on any atom is 0.327 e. The van der Waals surface area contributed by atoms with E-state index in [-0.39, 0.29) is 11.0 Å². The summed E-state index contributed by atoms with van der Waals surface area (Å²) in [7, 11) is 0. The van der Waals surface area contributed by atoms with Crippen molar-refractivity contribution in [2.24, 2.45) is 4.99 Å². The fourth-order valence-corrected chi connectivity index (χ4v) is 4.27. The third-order valence-corrected chi connectivity index (χ3v) is 5.27. The number of carbonyl (C=O) groups is 2. The van der Waals surface area contributed by atoms with E-state index in [1.165, 1.54) is 23.5 Å². The van der Waals surface area contributed by atoms with E-state index in [1.54, 1.807) is 12.2 Å². The first-order valence-corrected chi connectivity index (χ1v) is 7.32. The van der Waals surface area contributed by atoms with Gasteiger partial charge in [0.15, 0.2) is 5.78 Å². The molecule has 0 aromatic rings. The zero-order chi connectivity index (χ0) is 12.7. The van der Waals surface area contributed by atoms with E-state index in [4.69, 9.17) is 5.11 Å². The van der Waals surface area contributed by atoms with Gasteiger partial charge in [0.25, 0.3) is 0 Å². The predicted molar refractivity (Wildman–Crippen MR) is 71.6 cm³/mol. The quantitative estimate of drug-likeness (QED) is 0.746. The molecule has 94 valence electrons. The average molecular weight is 282 g/mol. The van der Waals surface area contributed by atoms with Gasteiger partial charge in [-0.2, -0.15) is 0 Å². The average Bonchev–Trinajstić information content (AvgIpc) is 2.93. The van der Waals surface area contributed by atoms with Gasteiger partial charge in [0.05, 0.1) is 11.0 Å². The number of hydrogen-bond acceptors (Lipinski definition) is 6. The van der Waals surface area contributed by atoms with Gasteiger partial charge in [0.2, 0.25) is 0 Å². The minimum atomic E-state index is -0.846. The van der Waals surface area contributed by atoms with Gasteiger partial charge in [0, 0.05) is 12.2 Å². The molecule has 1 aliphatic carbocycles. The summed E-state index contributed by atoms with van der Waals surface area (Å²) < 4.78 is 0. The highest BCUT2D eigenvalue weighted by atomic mass is 32.2. The van der Waals surface area contributed by atoms with Crippen LogP contribution in [0.25, 0.3) is 0 Å². The van der Waals surface area contributed by atoms with Crippen LogP contribution in [0.5, 0.6) is 0 Å². The summed E-state index contributed by atoms with van der Waals surface area (Å²) in [5.41, 5.74) is 0.906. The number of hydrogen-bond donors (Lipinski definition) is 2. The molecule has 0 spiro atoms. The first-order valence-electron chi connectivity index (χ1n) is 5.46. The summed E-state index contributed by atoms with van der Waals surface area (Å²) in [4.78, 5) is 26.6. The molecule has 3 rings (SSSR count). The van der Waals surface area contributed by atoms with Crippen molar-refractivity contribution >= 4 is 41.0 Å². The van der Waals surface area contributed by atoms with Crippen LogP contribution in [0.2, 0.25) is 0 Å². The van der Waals surface area contributed by atoms with Crippen LogP contribution in [-0.2, 0) is 9.59 Å². The Morgan fingerprint density at radius 3 is 3.06 bits per heavy atom. The van der Waals surface area contributed by atoms with Crippen LogP contribution < -0.4 is 5.32 Å². The summed E-state index contributed by atoms with van der Waals surface area (Å²) >= 11 is 3.01. The first kappa shape index (κ1) is 11.9. The van der Waals surface area contributed by atoms with Gasteiger partial charge >= 0.3 is 5.97 Å². The highest BCUT2D eigenvalue weighted by Crippen LogP contribution is 2.41. The molecule has 2 N–H and O–H groups in total. The van der Waals surface area contributed by atoms with E-state index < -0.39 is 12.0 Å².